The van der Waals surface area contributed by atoms with Crippen LogP contribution in [0.15, 0.2) is 71.6 Å². The molecule has 1 atom stereocenters. The quantitative estimate of drug-likeness (QED) is 0.296. The molecule has 214 valence electrons. The molecule has 0 aliphatic rings. The highest BCUT2D eigenvalue weighted by Gasteiger charge is 2.34. The van der Waals surface area contributed by atoms with Gasteiger partial charge in [0.25, 0.3) is 10.0 Å². The summed E-state index contributed by atoms with van der Waals surface area (Å²) in [6.07, 6.45) is 0.298. The Labute approximate surface area is 245 Å². The van der Waals surface area contributed by atoms with Crippen LogP contribution in [0.1, 0.15) is 31.4 Å². The second kappa shape index (κ2) is 13.9. The molecule has 40 heavy (non-hydrogen) atoms. The number of benzene rings is 3. The summed E-state index contributed by atoms with van der Waals surface area (Å²) in [5.74, 6) is -0.506. The van der Waals surface area contributed by atoms with Crippen LogP contribution < -0.4 is 14.4 Å². The van der Waals surface area contributed by atoms with Gasteiger partial charge in [0.15, 0.2) is 0 Å². The summed E-state index contributed by atoms with van der Waals surface area (Å²) in [5.41, 5.74) is 1.70. The van der Waals surface area contributed by atoms with E-state index in [0.717, 1.165) is 9.87 Å². The van der Waals surface area contributed by atoms with Crippen LogP contribution in [0.5, 0.6) is 5.75 Å². The molecule has 3 rings (SSSR count). The molecule has 0 aliphatic heterocycles. The van der Waals surface area contributed by atoms with Gasteiger partial charge >= 0.3 is 0 Å². The Bertz CT molecular complexity index is 1450. The van der Waals surface area contributed by atoms with Crippen LogP contribution in [-0.4, -0.2) is 51.4 Å². The number of nitrogens with one attached hydrogen (secondary N) is 1. The van der Waals surface area contributed by atoms with Gasteiger partial charge in [-0.2, -0.15) is 0 Å². The van der Waals surface area contributed by atoms with Crippen molar-refractivity contribution in [2.24, 2.45) is 0 Å². The van der Waals surface area contributed by atoms with E-state index in [-0.39, 0.29) is 23.0 Å². The fourth-order valence-electron chi connectivity index (χ4n) is 4.18. The fraction of sp³-hybridized carbons (Fsp3) is 0.310. The minimum absolute atomic E-state index is 0.0248. The van der Waals surface area contributed by atoms with Crippen molar-refractivity contribution in [1.82, 2.24) is 10.2 Å². The molecule has 0 bridgehead atoms. The summed E-state index contributed by atoms with van der Waals surface area (Å²) < 4.78 is 34.2. The number of carbonyl (C=O) groups excluding carboxylic acids is 2. The van der Waals surface area contributed by atoms with Crippen LogP contribution in [0.3, 0.4) is 0 Å². The predicted octanol–water partition coefficient (Wildman–Crippen LogP) is 5.45. The molecule has 0 saturated heterocycles. The standard InChI is InChI=1S/C29H33Cl2N3O5S/c1-5-27(29(36)32-6-2)33(18-21-12-13-22(30)16-26(21)31)28(35)19-34(23-8-7-9-24(17-23)39-4)40(37,38)25-14-10-20(3)11-15-25/h7-17,27H,5-6,18-19H2,1-4H3,(H,32,36)/t27-/m1/s1. The van der Waals surface area contributed by atoms with Gasteiger partial charge in [0.05, 0.1) is 17.7 Å². The van der Waals surface area contributed by atoms with Crippen molar-refractivity contribution < 1.29 is 22.7 Å². The number of ether oxygens (including phenoxy) is 1. The molecule has 0 radical (unpaired) electrons. The first-order valence-corrected chi connectivity index (χ1v) is 15.0. The van der Waals surface area contributed by atoms with Crippen molar-refractivity contribution in [3.63, 3.8) is 0 Å². The summed E-state index contributed by atoms with van der Waals surface area (Å²) >= 11 is 12.5. The van der Waals surface area contributed by atoms with E-state index in [1.54, 1.807) is 68.4 Å². The van der Waals surface area contributed by atoms with Crippen molar-refractivity contribution in [2.45, 2.75) is 44.7 Å². The van der Waals surface area contributed by atoms with Crippen molar-refractivity contribution in [1.29, 1.82) is 0 Å². The largest absolute Gasteiger partial charge is 0.497 e. The molecule has 0 fully saturated rings. The molecule has 11 heteroatoms. The van der Waals surface area contributed by atoms with E-state index in [1.807, 2.05) is 6.92 Å². The second-order valence-corrected chi connectivity index (χ2v) is 11.8. The Morgan fingerprint density at radius 3 is 2.30 bits per heavy atom. The highest BCUT2D eigenvalue weighted by molar-refractivity contribution is 7.92. The van der Waals surface area contributed by atoms with E-state index >= 15 is 0 Å². The smallest absolute Gasteiger partial charge is 0.264 e. The number of methoxy groups -OCH3 is 1. The zero-order valence-electron chi connectivity index (χ0n) is 22.9. The Kier molecular flexibility index (Phi) is 10.8. The molecular weight excluding hydrogens is 573 g/mol. The number of halogens is 2. The maximum atomic E-state index is 14.0. The Morgan fingerprint density at radius 2 is 1.70 bits per heavy atom. The molecule has 8 nitrogen and oxygen atoms in total. The lowest BCUT2D eigenvalue weighted by molar-refractivity contribution is -0.140. The van der Waals surface area contributed by atoms with Gasteiger partial charge < -0.3 is 15.0 Å². The molecule has 0 heterocycles. The number of amides is 2. The molecular formula is C29H33Cl2N3O5S. The summed E-state index contributed by atoms with van der Waals surface area (Å²) in [6, 6.07) is 16.8. The van der Waals surface area contributed by atoms with Gasteiger partial charge in [-0.15, -0.1) is 0 Å². The fourth-order valence-corrected chi connectivity index (χ4v) is 6.05. The van der Waals surface area contributed by atoms with Gasteiger partial charge in [-0.1, -0.05) is 60.0 Å². The summed E-state index contributed by atoms with van der Waals surface area (Å²) in [7, 11) is -2.72. The number of hydrogen-bond acceptors (Lipinski definition) is 5. The lowest BCUT2D eigenvalue weighted by atomic mass is 10.1. The highest BCUT2D eigenvalue weighted by Crippen LogP contribution is 2.29. The zero-order valence-corrected chi connectivity index (χ0v) is 25.2. The van der Waals surface area contributed by atoms with Gasteiger partial charge in [-0.05, 0) is 62.2 Å². The molecule has 2 amide bonds. The van der Waals surface area contributed by atoms with Gasteiger partial charge in [-0.3, -0.25) is 13.9 Å². The van der Waals surface area contributed by atoms with Gasteiger partial charge in [0, 0.05) is 29.2 Å². The van der Waals surface area contributed by atoms with Crippen LogP contribution in [0, 0.1) is 6.92 Å². The van der Waals surface area contributed by atoms with Crippen LogP contribution in [-0.2, 0) is 26.2 Å². The monoisotopic (exact) mass is 605 g/mol. The number of nitrogens with zero attached hydrogens (tertiary/aromatic N) is 2. The van der Waals surface area contributed by atoms with Crippen molar-refractivity contribution in [2.75, 3.05) is 24.5 Å². The van der Waals surface area contributed by atoms with E-state index in [2.05, 4.69) is 5.32 Å². The van der Waals surface area contributed by atoms with Crippen LogP contribution >= 0.6 is 23.2 Å². The first kappa shape index (κ1) is 31.3. The Morgan fingerprint density at radius 1 is 1.00 bits per heavy atom. The van der Waals surface area contributed by atoms with Gasteiger partial charge in [0.1, 0.15) is 18.3 Å². The zero-order chi connectivity index (χ0) is 29.4. The molecule has 0 saturated carbocycles. The average Bonchev–Trinajstić information content (AvgIpc) is 2.93. The highest BCUT2D eigenvalue weighted by atomic mass is 35.5. The molecule has 0 aliphatic carbocycles. The van der Waals surface area contributed by atoms with Crippen LogP contribution in [0.25, 0.3) is 0 Å². The van der Waals surface area contributed by atoms with Crippen molar-refractivity contribution in [3.8, 4) is 5.75 Å². The summed E-state index contributed by atoms with van der Waals surface area (Å²) in [6.45, 7) is 5.20. The number of rotatable bonds is 12. The first-order chi connectivity index (χ1) is 19.0. The lowest BCUT2D eigenvalue weighted by Gasteiger charge is -2.33. The number of hydrogen-bond donors (Lipinski definition) is 1. The number of sulfonamides is 1. The SMILES string of the molecule is CCNC(=O)[C@@H](CC)N(Cc1ccc(Cl)cc1Cl)C(=O)CN(c1cccc(OC)c1)S(=O)(=O)c1ccc(C)cc1. The molecule has 3 aromatic carbocycles. The maximum Gasteiger partial charge on any atom is 0.264 e. The number of likely N-dealkylation sites (N-methyl/N-ethyl adjacent to an activating group) is 1. The number of carbonyl (C=O) groups is 2. The van der Waals surface area contributed by atoms with Crippen molar-refractivity contribution in [3.05, 3.63) is 87.9 Å². The number of anilines is 1. The maximum absolute atomic E-state index is 14.0. The van der Waals surface area contributed by atoms with E-state index in [4.69, 9.17) is 27.9 Å². The predicted molar refractivity (Wildman–Crippen MR) is 158 cm³/mol. The van der Waals surface area contributed by atoms with Crippen LogP contribution in [0.2, 0.25) is 10.0 Å². The van der Waals surface area contributed by atoms with E-state index < -0.39 is 28.5 Å². The summed E-state index contributed by atoms with van der Waals surface area (Å²) in [5, 5.41) is 3.52. The minimum Gasteiger partial charge on any atom is -0.497 e. The third-order valence-electron chi connectivity index (χ3n) is 6.32. The molecule has 0 aromatic heterocycles. The molecule has 3 aromatic rings. The molecule has 0 spiro atoms. The Hall–Kier alpha value is -3.27. The minimum atomic E-state index is -4.19. The topological polar surface area (TPSA) is 96.0 Å². The summed E-state index contributed by atoms with van der Waals surface area (Å²) in [4.78, 5) is 28.5. The third-order valence-corrected chi connectivity index (χ3v) is 8.70. The van der Waals surface area contributed by atoms with Crippen molar-refractivity contribution >= 4 is 50.7 Å². The molecule has 0 unspecified atom stereocenters. The normalized spacial score (nSPS) is 11.9. The van der Waals surface area contributed by atoms with E-state index in [1.165, 1.54) is 24.1 Å². The van der Waals surface area contributed by atoms with Gasteiger partial charge in [-0.25, -0.2) is 8.42 Å². The lowest BCUT2D eigenvalue weighted by Crippen LogP contribution is -2.52. The Balaban J connectivity index is 2.10. The van der Waals surface area contributed by atoms with E-state index in [0.29, 0.717) is 34.3 Å². The molecule has 1 N–H and O–H groups in total. The average molecular weight is 607 g/mol. The second-order valence-electron chi connectivity index (χ2n) is 9.10. The van der Waals surface area contributed by atoms with Crippen LogP contribution in [0.4, 0.5) is 5.69 Å². The first-order valence-electron chi connectivity index (χ1n) is 12.8. The van der Waals surface area contributed by atoms with E-state index in [9.17, 15) is 18.0 Å². The number of aryl methyl sites for hydroxylation is 1. The third kappa shape index (κ3) is 7.47. The van der Waals surface area contributed by atoms with Gasteiger partial charge in [0.2, 0.25) is 11.8 Å².